The van der Waals surface area contributed by atoms with Gasteiger partial charge in [0.1, 0.15) is 12.4 Å². The van der Waals surface area contributed by atoms with Crippen molar-refractivity contribution in [1.82, 2.24) is 15.3 Å². The Morgan fingerprint density at radius 2 is 2.40 bits per heavy atom. The third-order valence-corrected chi connectivity index (χ3v) is 1.93. The van der Waals surface area contributed by atoms with Crippen LogP contribution in [-0.2, 0) is 0 Å². The number of hydrogen-bond acceptors (Lipinski definition) is 4. The predicted molar refractivity (Wildman–Crippen MR) is 58.5 cm³/mol. The van der Waals surface area contributed by atoms with E-state index in [1.807, 2.05) is 0 Å². The Kier molecular flexibility index (Phi) is 4.58. The average molecular weight is 205 g/mol. The molecular weight excluding hydrogens is 190 g/mol. The Labute approximate surface area is 90.1 Å². The Hall–Kier alpha value is -1.60. The van der Waals surface area contributed by atoms with E-state index in [4.69, 9.17) is 11.2 Å². The lowest BCUT2D eigenvalue weighted by atomic mass is 10.2. The number of aromatic nitrogens is 2. The molecule has 0 saturated heterocycles. The van der Waals surface area contributed by atoms with Gasteiger partial charge in [-0.2, -0.15) is 0 Å². The lowest BCUT2D eigenvalue weighted by Gasteiger charge is -2.11. The van der Waals surface area contributed by atoms with E-state index in [9.17, 15) is 0 Å². The first-order valence-electron chi connectivity index (χ1n) is 4.87. The van der Waals surface area contributed by atoms with Crippen LogP contribution in [0.2, 0.25) is 0 Å². The molecule has 1 rings (SSSR count). The summed E-state index contributed by atoms with van der Waals surface area (Å²) in [4.78, 5) is 8.04. The summed E-state index contributed by atoms with van der Waals surface area (Å²) in [6.07, 6.45) is 7.90. The van der Waals surface area contributed by atoms with Crippen molar-refractivity contribution in [3.8, 4) is 18.2 Å². The molecule has 0 saturated carbocycles. The molecular formula is C11H15N3O. The van der Waals surface area contributed by atoms with Crippen LogP contribution in [0.4, 0.5) is 0 Å². The van der Waals surface area contributed by atoms with Crippen LogP contribution in [0.5, 0.6) is 5.88 Å². The smallest absolute Gasteiger partial charge is 0.216 e. The van der Waals surface area contributed by atoms with Crippen LogP contribution in [-0.4, -0.2) is 23.6 Å². The van der Waals surface area contributed by atoms with Crippen LogP contribution in [0.3, 0.4) is 0 Å². The average Bonchev–Trinajstić information content (AvgIpc) is 2.30. The van der Waals surface area contributed by atoms with Crippen molar-refractivity contribution < 1.29 is 4.74 Å². The molecule has 80 valence electrons. The van der Waals surface area contributed by atoms with E-state index in [0.717, 1.165) is 18.7 Å². The third-order valence-electron chi connectivity index (χ3n) is 1.93. The molecule has 0 aliphatic heterocycles. The van der Waals surface area contributed by atoms with Crippen LogP contribution in [0.25, 0.3) is 0 Å². The molecule has 4 nitrogen and oxygen atoms in total. The molecule has 0 aromatic carbocycles. The van der Waals surface area contributed by atoms with E-state index < -0.39 is 0 Å². The Morgan fingerprint density at radius 1 is 1.60 bits per heavy atom. The summed E-state index contributed by atoms with van der Waals surface area (Å²) >= 11 is 0. The highest BCUT2D eigenvalue weighted by Gasteiger charge is 2.09. The maximum Gasteiger partial charge on any atom is 0.216 e. The van der Waals surface area contributed by atoms with Crippen molar-refractivity contribution in [1.29, 1.82) is 0 Å². The highest BCUT2D eigenvalue weighted by molar-refractivity contribution is 5.22. The molecule has 1 aromatic rings. The maximum absolute atomic E-state index is 5.42. The number of terminal acetylenes is 1. The van der Waals surface area contributed by atoms with Gasteiger partial charge in [0, 0.05) is 6.07 Å². The zero-order valence-corrected chi connectivity index (χ0v) is 9.03. The fourth-order valence-corrected chi connectivity index (χ4v) is 1.16. The molecule has 0 spiro atoms. The van der Waals surface area contributed by atoms with Crippen molar-refractivity contribution in [2.45, 2.75) is 19.4 Å². The van der Waals surface area contributed by atoms with Gasteiger partial charge in [-0.3, -0.25) is 5.32 Å². The molecule has 4 heteroatoms. The topological polar surface area (TPSA) is 47.0 Å². The van der Waals surface area contributed by atoms with Crippen molar-refractivity contribution in [3.05, 3.63) is 18.1 Å². The van der Waals surface area contributed by atoms with Crippen LogP contribution in [0.1, 0.15) is 25.1 Å². The van der Waals surface area contributed by atoms with Crippen LogP contribution >= 0.6 is 0 Å². The fraction of sp³-hybridized carbons (Fsp3) is 0.455. The molecule has 0 amide bonds. The number of methoxy groups -OCH3 is 1. The number of nitrogens with one attached hydrogen (secondary N) is 1. The quantitative estimate of drug-likeness (QED) is 0.733. The molecule has 1 heterocycles. The summed E-state index contributed by atoms with van der Waals surface area (Å²) in [7, 11) is 1.57. The molecule has 1 N–H and O–H groups in total. The van der Waals surface area contributed by atoms with E-state index >= 15 is 0 Å². The van der Waals surface area contributed by atoms with Crippen LogP contribution in [0.15, 0.2) is 12.4 Å². The standard InChI is InChI=1S/C11H15N3O/c1-4-6-12-9(5-2)10-7-11(15-3)14-8-13-10/h2,7-9,12H,4,6H2,1,3H3. The number of nitrogens with zero attached hydrogens (tertiary/aromatic N) is 2. The monoisotopic (exact) mass is 205 g/mol. The highest BCUT2D eigenvalue weighted by atomic mass is 16.5. The van der Waals surface area contributed by atoms with E-state index in [1.165, 1.54) is 6.33 Å². The van der Waals surface area contributed by atoms with Gasteiger partial charge in [0.05, 0.1) is 12.8 Å². The van der Waals surface area contributed by atoms with E-state index in [2.05, 4.69) is 28.1 Å². The van der Waals surface area contributed by atoms with Gasteiger partial charge >= 0.3 is 0 Å². The Morgan fingerprint density at radius 3 is 3.00 bits per heavy atom. The summed E-state index contributed by atoms with van der Waals surface area (Å²) in [5.41, 5.74) is 0.762. The second kappa shape index (κ2) is 5.99. The van der Waals surface area contributed by atoms with Gasteiger partial charge in [0.15, 0.2) is 0 Å². The van der Waals surface area contributed by atoms with Gasteiger partial charge in [0.25, 0.3) is 0 Å². The van der Waals surface area contributed by atoms with Gasteiger partial charge in [-0.05, 0) is 13.0 Å². The van der Waals surface area contributed by atoms with Crippen molar-refractivity contribution in [2.24, 2.45) is 0 Å². The molecule has 0 radical (unpaired) electrons. The Bertz CT molecular complexity index is 346. The van der Waals surface area contributed by atoms with Crippen LogP contribution in [0, 0.1) is 12.3 Å². The lowest BCUT2D eigenvalue weighted by Crippen LogP contribution is -2.21. The largest absolute Gasteiger partial charge is 0.481 e. The van der Waals surface area contributed by atoms with Crippen molar-refractivity contribution in [2.75, 3.05) is 13.7 Å². The molecule has 0 aliphatic carbocycles. The zero-order chi connectivity index (χ0) is 11.1. The molecule has 1 atom stereocenters. The van der Waals surface area contributed by atoms with Gasteiger partial charge < -0.3 is 4.74 Å². The predicted octanol–water partition coefficient (Wildman–Crippen LogP) is 1.16. The lowest BCUT2D eigenvalue weighted by molar-refractivity contribution is 0.395. The minimum absolute atomic E-state index is 0.179. The number of rotatable bonds is 5. The van der Waals surface area contributed by atoms with E-state index in [1.54, 1.807) is 13.2 Å². The Balaban J connectivity index is 2.78. The van der Waals surface area contributed by atoms with Crippen molar-refractivity contribution in [3.63, 3.8) is 0 Å². The molecule has 0 fully saturated rings. The summed E-state index contributed by atoms with van der Waals surface area (Å²) in [5, 5.41) is 3.20. The first-order chi connectivity index (χ1) is 7.31. The fourth-order valence-electron chi connectivity index (χ4n) is 1.16. The van der Waals surface area contributed by atoms with E-state index in [-0.39, 0.29) is 6.04 Å². The second-order valence-electron chi connectivity index (χ2n) is 3.04. The van der Waals surface area contributed by atoms with Gasteiger partial charge in [-0.15, -0.1) is 6.42 Å². The van der Waals surface area contributed by atoms with Crippen molar-refractivity contribution >= 4 is 0 Å². The summed E-state index contributed by atoms with van der Waals surface area (Å²) in [6.45, 7) is 2.95. The molecule has 0 aliphatic rings. The number of hydrogen-bond donors (Lipinski definition) is 1. The third kappa shape index (κ3) is 3.22. The molecule has 15 heavy (non-hydrogen) atoms. The SMILES string of the molecule is C#CC(NCCC)c1cc(OC)ncn1. The minimum Gasteiger partial charge on any atom is -0.481 e. The second-order valence-corrected chi connectivity index (χ2v) is 3.04. The highest BCUT2D eigenvalue weighted by Crippen LogP contribution is 2.13. The number of ether oxygens (including phenoxy) is 1. The molecule has 1 unspecified atom stereocenters. The molecule has 1 aromatic heterocycles. The maximum atomic E-state index is 5.42. The van der Waals surface area contributed by atoms with E-state index in [0.29, 0.717) is 5.88 Å². The van der Waals surface area contributed by atoms with Gasteiger partial charge in [0.2, 0.25) is 5.88 Å². The van der Waals surface area contributed by atoms with Gasteiger partial charge in [-0.25, -0.2) is 9.97 Å². The first kappa shape index (κ1) is 11.5. The summed E-state index contributed by atoms with van der Waals surface area (Å²) in [5.74, 6) is 3.17. The van der Waals surface area contributed by atoms with Crippen LogP contribution < -0.4 is 10.1 Å². The van der Waals surface area contributed by atoms with Gasteiger partial charge in [-0.1, -0.05) is 12.8 Å². The molecule has 0 bridgehead atoms. The summed E-state index contributed by atoms with van der Waals surface area (Å²) < 4.78 is 5.01. The summed E-state index contributed by atoms with van der Waals surface area (Å²) in [6, 6.07) is 1.56. The zero-order valence-electron chi connectivity index (χ0n) is 9.03. The first-order valence-corrected chi connectivity index (χ1v) is 4.87. The normalized spacial score (nSPS) is 11.8. The minimum atomic E-state index is -0.179.